The molecule has 5 aromatic carbocycles. The second-order valence-corrected chi connectivity index (χ2v) is 22.4. The predicted octanol–water partition coefficient (Wildman–Crippen LogP) is 9.47. The van der Waals surface area contributed by atoms with Crippen LogP contribution in [0.15, 0.2) is 91.0 Å². The standard InChI is InChI=1S/C63H73N7O9/c1-36(2)56(69-34-54(72)65-52-20-18-48(32-50(52)60(69)74)78-58-38(5)12-10-13-39(58)6)62(76)67-26-22-46(23-27-67)64-42(9)45-15-11-14-43(31-45)30-44-17-16-40(7)59(41(44)8)79-49-19-21-53-51(33-49)61(75)70(35-55(73)66-53)57(37(3)4)63(77)68-28-24-47(71)25-29-68/h10-21,31-33,36-37,42,46,56-57,64H,22-30,34-35H2,1-9H3,(H,65,72)(H,66,73)/t42-,56-,57-/m1/s1. The summed E-state index contributed by atoms with van der Waals surface area (Å²) in [7, 11) is 0. The first-order valence-corrected chi connectivity index (χ1v) is 27.7. The zero-order valence-corrected chi connectivity index (χ0v) is 46.9. The van der Waals surface area contributed by atoms with Crippen molar-refractivity contribution in [1.82, 2.24) is 24.9 Å². The van der Waals surface area contributed by atoms with Crippen molar-refractivity contribution < 1.29 is 43.0 Å². The van der Waals surface area contributed by atoms with Gasteiger partial charge in [0.2, 0.25) is 23.6 Å². The van der Waals surface area contributed by atoms with E-state index in [4.69, 9.17) is 9.47 Å². The number of para-hydroxylation sites is 1. The first-order chi connectivity index (χ1) is 37.7. The second-order valence-electron chi connectivity index (χ2n) is 22.4. The maximum Gasteiger partial charge on any atom is 0.257 e. The van der Waals surface area contributed by atoms with Gasteiger partial charge in [-0.05, 0) is 141 Å². The van der Waals surface area contributed by atoms with Gasteiger partial charge < -0.3 is 45.0 Å². The molecule has 0 aliphatic carbocycles. The Morgan fingerprint density at radius 1 is 0.595 bits per heavy atom. The zero-order chi connectivity index (χ0) is 56.4. The molecule has 0 aromatic heterocycles. The number of nitrogens with zero attached hydrogens (tertiary/aromatic N) is 4. The van der Waals surface area contributed by atoms with Crippen LogP contribution in [0, 0.1) is 39.5 Å². The molecule has 4 heterocycles. The number of piperidine rings is 2. The molecule has 0 saturated carbocycles. The Balaban J connectivity index is 0.833. The van der Waals surface area contributed by atoms with Crippen molar-refractivity contribution in [2.45, 2.75) is 119 Å². The third-order valence-corrected chi connectivity index (χ3v) is 15.9. The van der Waals surface area contributed by atoms with E-state index in [1.54, 1.807) is 41.3 Å². The van der Waals surface area contributed by atoms with Crippen LogP contribution in [0.25, 0.3) is 0 Å². The van der Waals surface area contributed by atoms with Crippen LogP contribution in [0.4, 0.5) is 11.4 Å². The van der Waals surface area contributed by atoms with E-state index in [1.807, 2.05) is 84.6 Å². The van der Waals surface area contributed by atoms with E-state index in [-0.39, 0.29) is 97.6 Å². The summed E-state index contributed by atoms with van der Waals surface area (Å²) in [5.41, 5.74) is 8.28. The van der Waals surface area contributed by atoms with Gasteiger partial charge in [-0.25, -0.2) is 0 Å². The lowest BCUT2D eigenvalue weighted by molar-refractivity contribution is -0.141. The molecule has 16 heteroatoms. The summed E-state index contributed by atoms with van der Waals surface area (Å²) >= 11 is 0. The van der Waals surface area contributed by atoms with Gasteiger partial charge in [0.25, 0.3) is 11.8 Å². The number of rotatable bonds is 15. The molecule has 414 valence electrons. The lowest BCUT2D eigenvalue weighted by Crippen LogP contribution is -2.56. The molecule has 9 rings (SSSR count). The Bertz CT molecular complexity index is 3190. The van der Waals surface area contributed by atoms with Gasteiger partial charge >= 0.3 is 0 Å². The number of hydrogen-bond donors (Lipinski definition) is 3. The average molecular weight is 1070 g/mol. The summed E-state index contributed by atoms with van der Waals surface area (Å²) in [5.74, 6) is -0.302. The molecule has 4 aliphatic heterocycles. The number of aryl methyl sites for hydroxylation is 3. The van der Waals surface area contributed by atoms with Gasteiger partial charge in [0.1, 0.15) is 54.0 Å². The van der Waals surface area contributed by atoms with Crippen molar-refractivity contribution in [3.05, 3.63) is 141 Å². The van der Waals surface area contributed by atoms with E-state index in [1.165, 1.54) is 9.80 Å². The minimum absolute atomic E-state index is 0.00604. The number of hydrogen-bond acceptors (Lipinski definition) is 10. The number of amides is 6. The predicted molar refractivity (Wildman–Crippen MR) is 303 cm³/mol. The fourth-order valence-corrected chi connectivity index (χ4v) is 11.6. The van der Waals surface area contributed by atoms with Crippen molar-refractivity contribution in [3.63, 3.8) is 0 Å². The zero-order valence-electron chi connectivity index (χ0n) is 46.9. The molecule has 2 fully saturated rings. The van der Waals surface area contributed by atoms with Gasteiger partial charge in [-0.15, -0.1) is 0 Å². The Kier molecular flexibility index (Phi) is 16.7. The number of ketones is 1. The lowest BCUT2D eigenvalue weighted by Gasteiger charge is -2.39. The molecule has 3 atom stereocenters. The summed E-state index contributed by atoms with van der Waals surface area (Å²) in [6, 6.07) is 27.0. The molecule has 0 radical (unpaired) electrons. The minimum atomic E-state index is -0.899. The number of fused-ring (bicyclic) bond motifs is 2. The highest BCUT2D eigenvalue weighted by Crippen LogP contribution is 2.37. The van der Waals surface area contributed by atoms with Crippen LogP contribution in [0.1, 0.15) is 126 Å². The van der Waals surface area contributed by atoms with Crippen LogP contribution in [-0.2, 0) is 30.4 Å². The Morgan fingerprint density at radius 3 is 1.62 bits per heavy atom. The lowest BCUT2D eigenvalue weighted by atomic mass is 9.95. The molecule has 79 heavy (non-hydrogen) atoms. The van der Waals surface area contributed by atoms with Gasteiger partial charge in [0, 0.05) is 51.1 Å². The molecule has 3 N–H and O–H groups in total. The number of Topliss-reactive ketones (excluding diaryl/α,β-unsaturated/α-hetero) is 1. The highest BCUT2D eigenvalue weighted by molar-refractivity contribution is 6.11. The van der Waals surface area contributed by atoms with Crippen molar-refractivity contribution in [2.24, 2.45) is 11.8 Å². The highest BCUT2D eigenvalue weighted by atomic mass is 16.5. The van der Waals surface area contributed by atoms with Gasteiger partial charge in [-0.1, -0.05) is 82.3 Å². The fraction of sp³-hybridized carbons (Fsp3) is 0.413. The van der Waals surface area contributed by atoms with Crippen molar-refractivity contribution >= 4 is 52.6 Å². The summed E-state index contributed by atoms with van der Waals surface area (Å²) in [4.78, 5) is 102. The number of anilines is 2. The van der Waals surface area contributed by atoms with Crippen LogP contribution in [0.3, 0.4) is 0 Å². The Morgan fingerprint density at radius 2 is 1.09 bits per heavy atom. The summed E-state index contributed by atoms with van der Waals surface area (Å²) in [6.07, 6.45) is 2.61. The summed E-state index contributed by atoms with van der Waals surface area (Å²) in [5, 5.41) is 9.55. The van der Waals surface area contributed by atoms with Gasteiger partial charge in [0.05, 0.1) is 22.5 Å². The molecular formula is C63H73N7O9. The van der Waals surface area contributed by atoms with E-state index >= 15 is 0 Å². The van der Waals surface area contributed by atoms with E-state index < -0.39 is 29.8 Å². The van der Waals surface area contributed by atoms with Crippen LogP contribution < -0.4 is 25.4 Å². The van der Waals surface area contributed by atoms with Crippen LogP contribution in [0.5, 0.6) is 23.0 Å². The first-order valence-electron chi connectivity index (χ1n) is 27.7. The Hall–Kier alpha value is -7.85. The van der Waals surface area contributed by atoms with Crippen molar-refractivity contribution in [2.75, 3.05) is 49.9 Å². The van der Waals surface area contributed by atoms with Gasteiger partial charge in [-0.2, -0.15) is 0 Å². The van der Waals surface area contributed by atoms with Crippen molar-refractivity contribution in [3.8, 4) is 23.0 Å². The van der Waals surface area contributed by atoms with E-state index in [0.29, 0.717) is 66.7 Å². The minimum Gasteiger partial charge on any atom is -0.457 e. The Labute approximate surface area is 463 Å². The maximum atomic E-state index is 14.5. The normalized spacial score (nSPS) is 17.4. The SMILES string of the molecule is Cc1cccc(C)c1Oc1ccc2c(c1)C(=O)N([C@@H](C(=O)N1CCC(N[C@H](C)c3cccc(Cc4ccc(C)c(Oc5ccc6c(c5)C(=O)N([C@@H](C(=O)N5CCC(=O)CC5)C(C)C)CC(=O)N6)c4C)c3)CC1)C(C)C)CC(=O)N2. The third kappa shape index (κ3) is 12.2. The molecule has 16 nitrogen and oxygen atoms in total. The molecule has 4 aliphatic rings. The van der Waals surface area contributed by atoms with E-state index in [2.05, 4.69) is 53.2 Å². The molecule has 2 saturated heterocycles. The quantitative estimate of drug-likeness (QED) is 0.0912. The molecule has 0 unspecified atom stereocenters. The summed E-state index contributed by atoms with van der Waals surface area (Å²) in [6.45, 7) is 18.6. The van der Waals surface area contributed by atoms with Gasteiger partial charge in [-0.3, -0.25) is 33.6 Å². The molecule has 0 spiro atoms. The number of nitrogens with one attached hydrogen (secondary N) is 3. The van der Waals surface area contributed by atoms with Crippen LogP contribution in [-0.4, -0.2) is 118 Å². The largest absolute Gasteiger partial charge is 0.457 e. The maximum absolute atomic E-state index is 14.5. The monoisotopic (exact) mass is 1070 g/mol. The molecule has 6 amide bonds. The van der Waals surface area contributed by atoms with E-state index in [9.17, 15) is 33.6 Å². The number of ether oxygens (including phenoxy) is 2. The first kappa shape index (κ1) is 55.9. The second kappa shape index (κ2) is 23.6. The molecular weight excluding hydrogens is 999 g/mol. The number of benzene rings is 5. The topological polar surface area (TPSA) is 187 Å². The molecule has 0 bridgehead atoms. The third-order valence-electron chi connectivity index (χ3n) is 15.9. The number of carbonyl (C=O) groups is 7. The highest BCUT2D eigenvalue weighted by Gasteiger charge is 2.42. The average Bonchev–Trinajstić information content (AvgIpc) is 3.83. The van der Waals surface area contributed by atoms with Crippen molar-refractivity contribution in [1.29, 1.82) is 0 Å². The smallest absolute Gasteiger partial charge is 0.257 e. The van der Waals surface area contributed by atoms with E-state index in [0.717, 1.165) is 38.9 Å². The summed E-state index contributed by atoms with van der Waals surface area (Å²) < 4.78 is 12.9. The van der Waals surface area contributed by atoms with Crippen LogP contribution >= 0.6 is 0 Å². The number of carbonyl (C=O) groups excluding carboxylic acids is 7. The van der Waals surface area contributed by atoms with Gasteiger partial charge in [0.15, 0.2) is 0 Å². The number of likely N-dealkylation sites (tertiary alicyclic amines) is 2. The van der Waals surface area contributed by atoms with Crippen LogP contribution in [0.2, 0.25) is 0 Å². The molecule has 5 aromatic rings. The fourth-order valence-electron chi connectivity index (χ4n) is 11.6.